The SMILES string of the molecule is N#Cc1c(N)sc2c1C1(CN(c3nc(OCC4(CN5CCOCC5)CC4)nc4c3NC(=O)C3C5CCC(CN43)N5)C1)SC2. The van der Waals surface area contributed by atoms with Gasteiger partial charge in [-0.05, 0) is 25.7 Å². The highest BCUT2D eigenvalue weighted by Gasteiger charge is 2.55. The topological polar surface area (TPSA) is 145 Å². The fourth-order valence-electron chi connectivity index (χ4n) is 8.00. The summed E-state index contributed by atoms with van der Waals surface area (Å²) < 4.78 is 11.8. The monoisotopic (exact) mass is 621 g/mol. The number of nitrogens with one attached hydrogen (secondary N) is 2. The summed E-state index contributed by atoms with van der Waals surface area (Å²) in [5.74, 6) is 2.33. The molecule has 3 atom stereocenters. The van der Waals surface area contributed by atoms with Crippen LogP contribution in [0.3, 0.4) is 0 Å². The van der Waals surface area contributed by atoms with Gasteiger partial charge in [-0.3, -0.25) is 9.69 Å². The summed E-state index contributed by atoms with van der Waals surface area (Å²) in [5, 5.41) is 17.3. The third kappa shape index (κ3) is 4.15. The largest absolute Gasteiger partial charge is 0.463 e. The molecule has 2 bridgehead atoms. The molecule has 1 spiro atoms. The molecule has 2 aromatic heterocycles. The zero-order valence-electron chi connectivity index (χ0n) is 23.9. The first kappa shape index (κ1) is 26.6. The lowest BCUT2D eigenvalue weighted by Gasteiger charge is -2.50. The van der Waals surface area contributed by atoms with Gasteiger partial charge >= 0.3 is 6.01 Å². The minimum absolute atomic E-state index is 0.00329. The van der Waals surface area contributed by atoms with Gasteiger partial charge in [-0.1, -0.05) is 0 Å². The molecule has 1 saturated carbocycles. The Labute approximate surface area is 258 Å². The number of morpholine rings is 1. The molecule has 7 aliphatic rings. The lowest BCUT2D eigenvalue weighted by molar-refractivity contribution is -0.118. The number of anilines is 4. The number of nitrogens with zero attached hydrogens (tertiary/aromatic N) is 6. The molecule has 43 heavy (non-hydrogen) atoms. The summed E-state index contributed by atoms with van der Waals surface area (Å²) in [5.41, 5.74) is 8.75. The smallest absolute Gasteiger partial charge is 0.320 e. The number of aromatic nitrogens is 2. The van der Waals surface area contributed by atoms with Gasteiger partial charge < -0.3 is 35.6 Å². The number of amides is 1. The number of nitrogens with two attached hydrogens (primary N) is 1. The van der Waals surface area contributed by atoms with Gasteiger partial charge in [0.15, 0.2) is 11.6 Å². The Bertz CT molecular complexity index is 1540. The van der Waals surface area contributed by atoms with E-state index in [2.05, 4.69) is 31.4 Å². The Morgan fingerprint density at radius 3 is 2.79 bits per heavy atom. The summed E-state index contributed by atoms with van der Waals surface area (Å²) in [6, 6.07) is 2.91. The molecule has 0 aromatic carbocycles. The fraction of sp³-hybridized carbons (Fsp3) is 0.655. The summed E-state index contributed by atoms with van der Waals surface area (Å²) >= 11 is 3.42. The molecule has 14 heteroatoms. The van der Waals surface area contributed by atoms with E-state index in [0.29, 0.717) is 53.8 Å². The molecule has 9 rings (SSSR count). The molecule has 1 amide bonds. The third-order valence-electron chi connectivity index (χ3n) is 10.4. The number of carbonyl (C=O) groups excluding carboxylic acids is 1. The van der Waals surface area contributed by atoms with Crippen LogP contribution in [0, 0.1) is 16.7 Å². The van der Waals surface area contributed by atoms with Gasteiger partial charge in [-0.2, -0.15) is 15.2 Å². The van der Waals surface area contributed by atoms with E-state index >= 15 is 0 Å². The number of nitrogen functional groups attached to an aromatic ring is 1. The number of rotatable bonds is 6. The van der Waals surface area contributed by atoms with Gasteiger partial charge in [0.05, 0.1) is 30.1 Å². The van der Waals surface area contributed by atoms with Gasteiger partial charge in [0, 0.05) is 73.0 Å². The minimum Gasteiger partial charge on any atom is -0.463 e. The van der Waals surface area contributed by atoms with Crippen LogP contribution in [0.1, 0.15) is 41.7 Å². The summed E-state index contributed by atoms with van der Waals surface area (Å²) in [6.07, 6.45) is 4.32. The molecule has 2 aromatic rings. The zero-order chi connectivity index (χ0) is 28.9. The van der Waals surface area contributed by atoms with Crippen LogP contribution in [0.25, 0.3) is 0 Å². The highest BCUT2D eigenvalue weighted by molar-refractivity contribution is 8.00. The van der Waals surface area contributed by atoms with Crippen LogP contribution < -0.4 is 30.9 Å². The van der Waals surface area contributed by atoms with E-state index in [4.69, 9.17) is 25.2 Å². The predicted octanol–water partition coefficient (Wildman–Crippen LogP) is 1.71. The van der Waals surface area contributed by atoms with Crippen LogP contribution in [0.5, 0.6) is 6.01 Å². The van der Waals surface area contributed by atoms with E-state index in [0.717, 1.165) is 82.2 Å². The van der Waals surface area contributed by atoms with Crippen molar-refractivity contribution in [2.24, 2.45) is 5.41 Å². The van der Waals surface area contributed by atoms with Crippen LogP contribution in [-0.2, 0) is 20.0 Å². The first-order chi connectivity index (χ1) is 20.9. The Balaban J connectivity index is 1.04. The molecule has 4 N–H and O–H groups in total. The molecule has 3 unspecified atom stereocenters. The molecular weight excluding hydrogens is 587 g/mol. The molecule has 8 heterocycles. The second kappa shape index (κ2) is 9.58. The Kier molecular flexibility index (Phi) is 5.92. The lowest BCUT2D eigenvalue weighted by atomic mass is 9.88. The van der Waals surface area contributed by atoms with Crippen LogP contribution in [0.2, 0.25) is 0 Å². The number of thiophene rings is 1. The summed E-state index contributed by atoms with van der Waals surface area (Å²) in [6.45, 7) is 7.21. The number of hydrogen-bond acceptors (Lipinski definition) is 13. The van der Waals surface area contributed by atoms with Crippen LogP contribution in [0.4, 0.5) is 22.3 Å². The molecule has 12 nitrogen and oxygen atoms in total. The summed E-state index contributed by atoms with van der Waals surface area (Å²) in [7, 11) is 0. The zero-order valence-corrected chi connectivity index (χ0v) is 25.6. The van der Waals surface area contributed by atoms with Gasteiger partial charge in [0.2, 0.25) is 5.91 Å². The molecular formula is C29H35N9O3S2. The summed E-state index contributed by atoms with van der Waals surface area (Å²) in [4.78, 5) is 31.6. The van der Waals surface area contributed by atoms with E-state index in [-0.39, 0.29) is 28.2 Å². The van der Waals surface area contributed by atoms with Gasteiger partial charge in [0.25, 0.3) is 0 Å². The third-order valence-corrected chi connectivity index (χ3v) is 13.1. The average Bonchev–Trinajstić information content (AvgIpc) is 3.32. The van der Waals surface area contributed by atoms with Crippen molar-refractivity contribution >= 4 is 51.3 Å². The van der Waals surface area contributed by atoms with Crippen molar-refractivity contribution in [2.75, 3.05) is 79.9 Å². The van der Waals surface area contributed by atoms with Crippen molar-refractivity contribution < 1.29 is 14.3 Å². The van der Waals surface area contributed by atoms with Crippen molar-refractivity contribution in [2.45, 2.75) is 54.3 Å². The second-order valence-corrected chi connectivity index (χ2v) is 15.7. The van der Waals surface area contributed by atoms with Gasteiger partial charge in [0.1, 0.15) is 22.8 Å². The van der Waals surface area contributed by atoms with Crippen molar-refractivity contribution in [3.63, 3.8) is 0 Å². The molecule has 4 saturated heterocycles. The minimum atomic E-state index is -0.291. The first-order valence-corrected chi connectivity index (χ1v) is 17.1. The number of hydrogen-bond donors (Lipinski definition) is 3. The Morgan fingerprint density at radius 1 is 1.19 bits per heavy atom. The fourth-order valence-corrected chi connectivity index (χ4v) is 10.8. The van der Waals surface area contributed by atoms with E-state index in [1.165, 1.54) is 16.2 Å². The predicted molar refractivity (Wildman–Crippen MR) is 165 cm³/mol. The highest BCUT2D eigenvalue weighted by atomic mass is 32.2. The van der Waals surface area contributed by atoms with Gasteiger partial charge in [-0.25, -0.2) is 0 Å². The number of thioether (sulfide) groups is 1. The van der Waals surface area contributed by atoms with E-state index in [1.807, 2.05) is 11.8 Å². The Hall–Kier alpha value is -2.83. The Morgan fingerprint density at radius 2 is 2.00 bits per heavy atom. The van der Waals surface area contributed by atoms with Crippen LogP contribution >= 0.6 is 23.1 Å². The first-order valence-electron chi connectivity index (χ1n) is 15.3. The van der Waals surface area contributed by atoms with E-state index in [9.17, 15) is 10.1 Å². The normalized spacial score (nSPS) is 29.4. The second-order valence-electron chi connectivity index (χ2n) is 13.2. The van der Waals surface area contributed by atoms with Crippen molar-refractivity contribution in [3.05, 3.63) is 16.0 Å². The van der Waals surface area contributed by atoms with Gasteiger partial charge in [-0.15, -0.1) is 23.1 Å². The average molecular weight is 622 g/mol. The number of fused-ring (bicyclic) bond motifs is 8. The molecule has 5 fully saturated rings. The highest BCUT2D eigenvalue weighted by Crippen LogP contribution is 2.59. The number of piperazine rings is 1. The van der Waals surface area contributed by atoms with Crippen molar-refractivity contribution in [1.29, 1.82) is 5.26 Å². The quantitative estimate of drug-likeness (QED) is 0.432. The number of carbonyl (C=O) groups is 1. The number of ether oxygens (including phenoxy) is 2. The lowest BCUT2D eigenvalue weighted by Crippen LogP contribution is -2.64. The maximum Gasteiger partial charge on any atom is 0.320 e. The van der Waals surface area contributed by atoms with Crippen molar-refractivity contribution in [3.8, 4) is 12.1 Å². The van der Waals surface area contributed by atoms with E-state index < -0.39 is 0 Å². The standard InChI is InChI=1S/C29H35N9O3S2/c30-9-17-20-19(43-23(17)31)11-42-29(20)13-37(14-29)24-21-25(38-10-16-1-2-18(32-16)22(38)26(39)33-21)35-27(34-24)41-15-28(3-4-28)12-36-5-7-40-8-6-36/h16,18,22,32H,1-8,10-15,31H2,(H,33,39). The van der Waals surface area contributed by atoms with Crippen LogP contribution in [0.15, 0.2) is 0 Å². The number of nitriles is 1. The molecule has 0 radical (unpaired) electrons. The maximum absolute atomic E-state index is 13.5. The van der Waals surface area contributed by atoms with Crippen LogP contribution in [-0.4, -0.2) is 98.0 Å². The molecule has 1 aliphatic carbocycles. The maximum atomic E-state index is 13.5. The van der Waals surface area contributed by atoms with E-state index in [1.54, 1.807) is 0 Å². The molecule has 6 aliphatic heterocycles. The van der Waals surface area contributed by atoms with Crippen molar-refractivity contribution in [1.82, 2.24) is 20.2 Å². The molecule has 226 valence electrons.